The second-order valence-corrected chi connectivity index (χ2v) is 6.37. The summed E-state index contributed by atoms with van der Waals surface area (Å²) in [5.41, 5.74) is 5.01. The van der Waals surface area contributed by atoms with Crippen LogP contribution in [0.2, 0.25) is 0 Å². The van der Waals surface area contributed by atoms with Crippen molar-refractivity contribution in [1.82, 2.24) is 14.9 Å². The van der Waals surface area contributed by atoms with Crippen molar-refractivity contribution in [2.45, 2.75) is 46.6 Å². The van der Waals surface area contributed by atoms with Gasteiger partial charge in [0, 0.05) is 0 Å². The molecule has 0 aliphatic rings. The van der Waals surface area contributed by atoms with Gasteiger partial charge in [-0.15, -0.1) is 5.10 Å². The van der Waals surface area contributed by atoms with Gasteiger partial charge in [-0.2, -0.15) is 0 Å². The molecule has 1 unspecified atom stereocenters. The Morgan fingerprint density at radius 1 is 1.15 bits per heavy atom. The Labute approximate surface area is 125 Å². The van der Waals surface area contributed by atoms with Crippen molar-refractivity contribution in [1.29, 1.82) is 0 Å². The molecule has 0 bridgehead atoms. The Bertz CT molecular complexity index is 555. The molecule has 1 atom stereocenters. The third-order valence-electron chi connectivity index (χ3n) is 3.33. The SMILES string of the molecule is CCNC(c1cc(C)cc(C)c1)c1snnc1C(C)C. The maximum absolute atomic E-state index is 4.32. The van der Waals surface area contributed by atoms with Crippen LogP contribution in [0.4, 0.5) is 0 Å². The van der Waals surface area contributed by atoms with Gasteiger partial charge in [0.2, 0.25) is 0 Å². The molecule has 4 heteroatoms. The van der Waals surface area contributed by atoms with E-state index in [2.05, 4.69) is 67.7 Å². The van der Waals surface area contributed by atoms with Gasteiger partial charge in [0.05, 0.1) is 16.6 Å². The lowest BCUT2D eigenvalue weighted by atomic mass is 9.97. The fraction of sp³-hybridized carbons (Fsp3) is 0.500. The first-order valence-corrected chi connectivity index (χ1v) is 7.94. The van der Waals surface area contributed by atoms with Gasteiger partial charge < -0.3 is 5.32 Å². The van der Waals surface area contributed by atoms with Gasteiger partial charge in [0.15, 0.2) is 0 Å². The van der Waals surface area contributed by atoms with Crippen molar-refractivity contribution in [3.05, 3.63) is 45.5 Å². The maximum Gasteiger partial charge on any atom is 0.0832 e. The highest BCUT2D eigenvalue weighted by molar-refractivity contribution is 7.05. The van der Waals surface area contributed by atoms with Crippen LogP contribution in [-0.4, -0.2) is 16.1 Å². The van der Waals surface area contributed by atoms with Crippen LogP contribution in [0, 0.1) is 13.8 Å². The van der Waals surface area contributed by atoms with Crippen molar-refractivity contribution in [3.8, 4) is 0 Å². The van der Waals surface area contributed by atoms with E-state index in [1.54, 1.807) is 0 Å². The fourth-order valence-electron chi connectivity index (χ4n) is 2.55. The smallest absolute Gasteiger partial charge is 0.0832 e. The van der Waals surface area contributed by atoms with E-state index in [0.717, 1.165) is 12.2 Å². The number of aryl methyl sites for hydroxylation is 2. The Kier molecular flexibility index (Phi) is 4.89. The third-order valence-corrected chi connectivity index (χ3v) is 4.14. The van der Waals surface area contributed by atoms with Crippen molar-refractivity contribution in [2.75, 3.05) is 6.54 Å². The number of rotatable bonds is 5. The van der Waals surface area contributed by atoms with Gasteiger partial charge in [0.1, 0.15) is 0 Å². The molecule has 0 amide bonds. The standard InChI is InChI=1S/C16H23N3S/c1-6-17-15(13-8-11(4)7-12(5)9-13)16-14(10(2)3)18-19-20-16/h7-10,15,17H,6H2,1-5H3. The van der Waals surface area contributed by atoms with Crippen LogP contribution < -0.4 is 5.32 Å². The first-order chi connectivity index (χ1) is 9.52. The summed E-state index contributed by atoms with van der Waals surface area (Å²) >= 11 is 1.51. The van der Waals surface area contributed by atoms with E-state index in [0.29, 0.717) is 5.92 Å². The number of hydrogen-bond donors (Lipinski definition) is 1. The molecule has 1 N–H and O–H groups in total. The third kappa shape index (κ3) is 3.25. The Morgan fingerprint density at radius 2 is 1.80 bits per heavy atom. The summed E-state index contributed by atoms with van der Waals surface area (Å²) in [6.45, 7) is 11.7. The molecule has 108 valence electrons. The van der Waals surface area contributed by atoms with E-state index < -0.39 is 0 Å². The fourth-order valence-corrected chi connectivity index (χ4v) is 3.46. The number of hydrogen-bond acceptors (Lipinski definition) is 4. The second-order valence-electron chi connectivity index (χ2n) is 5.59. The zero-order valence-corrected chi connectivity index (χ0v) is 13.7. The van der Waals surface area contributed by atoms with E-state index in [-0.39, 0.29) is 6.04 Å². The molecule has 0 radical (unpaired) electrons. The summed E-state index contributed by atoms with van der Waals surface area (Å²) in [5.74, 6) is 0.399. The second kappa shape index (κ2) is 6.46. The highest BCUT2D eigenvalue weighted by atomic mass is 32.1. The zero-order valence-electron chi connectivity index (χ0n) is 12.9. The van der Waals surface area contributed by atoms with Crippen LogP contribution in [0.15, 0.2) is 18.2 Å². The Balaban J connectivity index is 2.47. The summed E-state index contributed by atoms with van der Waals surface area (Å²) < 4.78 is 4.17. The van der Waals surface area contributed by atoms with Crippen molar-refractivity contribution >= 4 is 11.5 Å². The van der Waals surface area contributed by atoms with E-state index in [9.17, 15) is 0 Å². The van der Waals surface area contributed by atoms with Crippen molar-refractivity contribution in [3.63, 3.8) is 0 Å². The largest absolute Gasteiger partial charge is 0.306 e. The van der Waals surface area contributed by atoms with E-state index >= 15 is 0 Å². The molecule has 0 spiro atoms. The maximum atomic E-state index is 4.32. The first kappa shape index (κ1) is 15.1. The predicted molar refractivity (Wildman–Crippen MR) is 85.4 cm³/mol. The van der Waals surface area contributed by atoms with E-state index in [1.165, 1.54) is 33.1 Å². The van der Waals surface area contributed by atoms with Gasteiger partial charge in [-0.25, -0.2) is 0 Å². The summed E-state index contributed by atoms with van der Waals surface area (Å²) in [7, 11) is 0. The average molecular weight is 289 g/mol. The summed E-state index contributed by atoms with van der Waals surface area (Å²) in [6.07, 6.45) is 0. The molecular weight excluding hydrogens is 266 g/mol. The van der Waals surface area contributed by atoms with Crippen LogP contribution in [0.1, 0.15) is 60.0 Å². The monoisotopic (exact) mass is 289 g/mol. The van der Waals surface area contributed by atoms with Gasteiger partial charge in [0.25, 0.3) is 0 Å². The minimum absolute atomic E-state index is 0.191. The molecule has 2 rings (SSSR count). The normalized spacial score (nSPS) is 12.9. The van der Waals surface area contributed by atoms with E-state index in [1.807, 2.05) is 0 Å². The van der Waals surface area contributed by atoms with Crippen molar-refractivity contribution < 1.29 is 0 Å². The van der Waals surface area contributed by atoms with Crippen LogP contribution in [0.25, 0.3) is 0 Å². The lowest BCUT2D eigenvalue weighted by Crippen LogP contribution is -2.22. The molecule has 0 fully saturated rings. The molecular formula is C16H23N3S. The number of nitrogens with one attached hydrogen (secondary N) is 1. The quantitative estimate of drug-likeness (QED) is 0.905. The predicted octanol–water partition coefficient (Wildman–Crippen LogP) is 3.98. The minimum Gasteiger partial charge on any atom is -0.306 e. The molecule has 2 aromatic rings. The molecule has 20 heavy (non-hydrogen) atoms. The molecule has 0 saturated heterocycles. The van der Waals surface area contributed by atoms with Gasteiger partial charge >= 0.3 is 0 Å². The number of nitrogens with zero attached hydrogens (tertiary/aromatic N) is 2. The first-order valence-electron chi connectivity index (χ1n) is 7.16. The molecule has 0 aliphatic carbocycles. The molecule has 0 saturated carbocycles. The molecule has 1 aromatic carbocycles. The molecule has 0 aliphatic heterocycles. The van der Waals surface area contributed by atoms with Crippen molar-refractivity contribution in [2.24, 2.45) is 0 Å². The van der Waals surface area contributed by atoms with Gasteiger partial charge in [-0.3, -0.25) is 0 Å². The number of benzene rings is 1. The Hall–Kier alpha value is -1.26. The van der Waals surface area contributed by atoms with Crippen LogP contribution in [-0.2, 0) is 0 Å². The topological polar surface area (TPSA) is 37.8 Å². The van der Waals surface area contributed by atoms with Gasteiger partial charge in [-0.1, -0.05) is 54.6 Å². The highest BCUT2D eigenvalue weighted by Crippen LogP contribution is 2.31. The molecule has 3 nitrogen and oxygen atoms in total. The lowest BCUT2D eigenvalue weighted by Gasteiger charge is -2.19. The summed E-state index contributed by atoms with van der Waals surface area (Å²) in [5, 5.41) is 7.90. The summed E-state index contributed by atoms with van der Waals surface area (Å²) in [4.78, 5) is 1.24. The minimum atomic E-state index is 0.191. The zero-order chi connectivity index (χ0) is 14.7. The Morgan fingerprint density at radius 3 is 2.35 bits per heavy atom. The summed E-state index contributed by atoms with van der Waals surface area (Å²) in [6, 6.07) is 6.91. The van der Waals surface area contributed by atoms with Crippen LogP contribution >= 0.6 is 11.5 Å². The molecule has 1 aromatic heterocycles. The van der Waals surface area contributed by atoms with Gasteiger partial charge in [-0.05, 0) is 43.4 Å². The van der Waals surface area contributed by atoms with E-state index in [4.69, 9.17) is 0 Å². The van der Waals surface area contributed by atoms with Crippen LogP contribution in [0.5, 0.6) is 0 Å². The number of aromatic nitrogens is 2. The molecule has 1 heterocycles. The highest BCUT2D eigenvalue weighted by Gasteiger charge is 2.22. The van der Waals surface area contributed by atoms with Crippen LogP contribution in [0.3, 0.4) is 0 Å². The average Bonchev–Trinajstić information content (AvgIpc) is 2.83. The lowest BCUT2D eigenvalue weighted by molar-refractivity contribution is 0.625.